The van der Waals surface area contributed by atoms with Gasteiger partial charge in [0.2, 0.25) is 11.1 Å². The molecule has 0 atom stereocenters. The van der Waals surface area contributed by atoms with E-state index in [2.05, 4.69) is 20.8 Å². The van der Waals surface area contributed by atoms with Crippen LogP contribution < -0.4 is 5.32 Å². The van der Waals surface area contributed by atoms with Crippen molar-refractivity contribution in [3.8, 4) is 5.69 Å². The smallest absolute Gasteiger partial charge is 0.234 e. The Balaban J connectivity index is 1.65. The van der Waals surface area contributed by atoms with E-state index in [1.165, 1.54) is 11.8 Å². The predicted molar refractivity (Wildman–Crippen MR) is 94.7 cm³/mol. The Labute approximate surface area is 148 Å². The molecule has 0 unspecified atom stereocenters. The summed E-state index contributed by atoms with van der Waals surface area (Å²) in [4.78, 5) is 12.1. The molecule has 0 saturated carbocycles. The lowest BCUT2D eigenvalue weighted by Gasteiger charge is -2.07. The number of tetrazole rings is 1. The molecule has 0 aliphatic heterocycles. The lowest BCUT2D eigenvalue weighted by atomic mass is 10.2. The third-order valence-corrected chi connectivity index (χ3v) is 4.45. The number of amides is 1. The largest absolute Gasteiger partial charge is 0.324 e. The maximum atomic E-state index is 12.1. The molecule has 3 rings (SSSR count). The van der Waals surface area contributed by atoms with E-state index >= 15 is 0 Å². The molecule has 1 heterocycles. The number of halogens is 1. The molecule has 0 saturated heterocycles. The number of para-hydroxylation sites is 1. The highest BCUT2D eigenvalue weighted by Crippen LogP contribution is 2.22. The molecule has 8 heteroatoms. The van der Waals surface area contributed by atoms with Crippen LogP contribution in [0.15, 0.2) is 53.7 Å². The zero-order valence-corrected chi connectivity index (χ0v) is 14.4. The van der Waals surface area contributed by atoms with Crippen LogP contribution in [0, 0.1) is 6.92 Å². The molecule has 122 valence electrons. The van der Waals surface area contributed by atoms with Gasteiger partial charge in [-0.25, -0.2) is 0 Å². The number of benzene rings is 2. The monoisotopic (exact) mass is 359 g/mol. The van der Waals surface area contributed by atoms with Crippen molar-refractivity contribution < 1.29 is 4.79 Å². The summed E-state index contributed by atoms with van der Waals surface area (Å²) in [5.41, 5.74) is 2.59. The summed E-state index contributed by atoms with van der Waals surface area (Å²) in [5, 5.41) is 15.4. The van der Waals surface area contributed by atoms with E-state index in [9.17, 15) is 4.79 Å². The lowest BCUT2D eigenvalue weighted by molar-refractivity contribution is -0.113. The number of rotatable bonds is 5. The van der Waals surface area contributed by atoms with Gasteiger partial charge >= 0.3 is 0 Å². The molecule has 0 bridgehead atoms. The van der Waals surface area contributed by atoms with Gasteiger partial charge in [-0.15, -0.1) is 5.10 Å². The summed E-state index contributed by atoms with van der Waals surface area (Å²) in [7, 11) is 0. The van der Waals surface area contributed by atoms with Crippen LogP contribution in [0.2, 0.25) is 5.02 Å². The Morgan fingerprint density at radius 2 is 1.96 bits per heavy atom. The number of aromatic nitrogens is 4. The first-order chi connectivity index (χ1) is 11.6. The first-order valence-electron chi connectivity index (χ1n) is 7.16. The van der Waals surface area contributed by atoms with Crippen molar-refractivity contribution in [1.29, 1.82) is 0 Å². The fourth-order valence-corrected chi connectivity index (χ4v) is 2.87. The van der Waals surface area contributed by atoms with Gasteiger partial charge in [0.25, 0.3) is 0 Å². The van der Waals surface area contributed by atoms with Gasteiger partial charge in [0.15, 0.2) is 0 Å². The zero-order valence-electron chi connectivity index (χ0n) is 12.8. The minimum atomic E-state index is -0.174. The van der Waals surface area contributed by atoms with Crippen molar-refractivity contribution in [3.63, 3.8) is 0 Å². The average molecular weight is 360 g/mol. The number of carbonyl (C=O) groups is 1. The second kappa shape index (κ2) is 7.46. The van der Waals surface area contributed by atoms with Crippen LogP contribution in [0.5, 0.6) is 0 Å². The molecule has 0 aliphatic rings. The summed E-state index contributed by atoms with van der Waals surface area (Å²) in [6.45, 7) is 2.01. The van der Waals surface area contributed by atoms with Gasteiger partial charge in [0.05, 0.1) is 22.2 Å². The minimum Gasteiger partial charge on any atom is -0.324 e. The number of aryl methyl sites for hydroxylation is 1. The molecule has 1 N–H and O–H groups in total. The van der Waals surface area contributed by atoms with Crippen LogP contribution in [-0.4, -0.2) is 31.9 Å². The number of nitrogens with one attached hydrogen (secondary N) is 1. The lowest BCUT2D eigenvalue weighted by Crippen LogP contribution is -2.14. The Morgan fingerprint density at radius 1 is 1.21 bits per heavy atom. The fourth-order valence-electron chi connectivity index (χ4n) is 2.00. The van der Waals surface area contributed by atoms with Crippen molar-refractivity contribution in [3.05, 3.63) is 59.1 Å². The third kappa shape index (κ3) is 3.93. The molecule has 2 aromatic carbocycles. The number of thioether (sulfide) groups is 1. The molecule has 24 heavy (non-hydrogen) atoms. The Bertz CT molecular complexity index is 850. The maximum Gasteiger partial charge on any atom is 0.234 e. The highest BCUT2D eigenvalue weighted by atomic mass is 35.5. The van der Waals surface area contributed by atoms with E-state index < -0.39 is 0 Å². The quantitative estimate of drug-likeness (QED) is 0.707. The van der Waals surface area contributed by atoms with E-state index in [-0.39, 0.29) is 11.7 Å². The predicted octanol–water partition coefficient (Wildman–Crippen LogP) is 3.35. The number of hydrogen-bond donors (Lipinski definition) is 1. The van der Waals surface area contributed by atoms with Crippen molar-refractivity contribution in [1.82, 2.24) is 20.2 Å². The van der Waals surface area contributed by atoms with Crippen molar-refractivity contribution in [2.45, 2.75) is 12.1 Å². The maximum absolute atomic E-state index is 12.1. The first-order valence-corrected chi connectivity index (χ1v) is 8.52. The molecule has 0 spiro atoms. The second-order valence-corrected chi connectivity index (χ2v) is 6.38. The van der Waals surface area contributed by atoms with Gasteiger partial charge in [-0.2, -0.15) is 4.68 Å². The molecule has 6 nitrogen and oxygen atoms in total. The zero-order chi connectivity index (χ0) is 16.9. The fraction of sp³-hybridized carbons (Fsp3) is 0.125. The third-order valence-electron chi connectivity index (χ3n) is 3.20. The van der Waals surface area contributed by atoms with Crippen LogP contribution in [0.1, 0.15) is 5.56 Å². The van der Waals surface area contributed by atoms with Gasteiger partial charge in [-0.05, 0) is 41.6 Å². The summed E-state index contributed by atoms with van der Waals surface area (Å²) in [5.74, 6) is 0.00355. The van der Waals surface area contributed by atoms with Crippen LogP contribution in [0.4, 0.5) is 5.69 Å². The molecule has 3 aromatic rings. The topological polar surface area (TPSA) is 72.7 Å². The number of nitrogens with zero attached hydrogens (tertiary/aromatic N) is 4. The average Bonchev–Trinajstić information content (AvgIpc) is 3.04. The van der Waals surface area contributed by atoms with E-state index in [1.54, 1.807) is 16.8 Å². The highest BCUT2D eigenvalue weighted by Gasteiger charge is 2.12. The molecular formula is C16H14ClN5OS. The summed E-state index contributed by atoms with van der Waals surface area (Å²) in [6.07, 6.45) is 0. The van der Waals surface area contributed by atoms with E-state index in [1.807, 2.05) is 43.3 Å². The van der Waals surface area contributed by atoms with E-state index in [0.717, 1.165) is 11.3 Å². The van der Waals surface area contributed by atoms with Crippen LogP contribution in [-0.2, 0) is 4.79 Å². The van der Waals surface area contributed by atoms with Gasteiger partial charge in [0.1, 0.15) is 0 Å². The van der Waals surface area contributed by atoms with Gasteiger partial charge in [-0.3, -0.25) is 4.79 Å². The molecule has 0 fully saturated rings. The van der Waals surface area contributed by atoms with Crippen molar-refractivity contribution in [2.24, 2.45) is 0 Å². The number of anilines is 1. The van der Waals surface area contributed by atoms with Gasteiger partial charge in [-0.1, -0.05) is 53.2 Å². The molecule has 1 amide bonds. The molecule has 0 radical (unpaired) electrons. The number of hydrogen-bond acceptors (Lipinski definition) is 5. The Hall–Kier alpha value is -2.38. The summed E-state index contributed by atoms with van der Waals surface area (Å²) in [6, 6.07) is 14.9. The minimum absolute atomic E-state index is 0.174. The summed E-state index contributed by atoms with van der Waals surface area (Å²) >= 11 is 7.29. The van der Waals surface area contributed by atoms with E-state index in [4.69, 9.17) is 11.6 Å². The van der Waals surface area contributed by atoms with Crippen LogP contribution in [0.25, 0.3) is 5.69 Å². The van der Waals surface area contributed by atoms with Crippen LogP contribution in [0.3, 0.4) is 0 Å². The second-order valence-electron chi connectivity index (χ2n) is 5.03. The van der Waals surface area contributed by atoms with Gasteiger partial charge < -0.3 is 5.32 Å². The molecular weight excluding hydrogens is 346 g/mol. The Morgan fingerprint density at radius 3 is 2.71 bits per heavy atom. The standard InChI is InChI=1S/C16H14ClN5OS/c1-11-6-8-12(9-7-11)22-16(19-20-21-22)24-10-15(23)18-14-5-3-2-4-13(14)17/h2-9H,10H2,1H3,(H,18,23). The van der Waals surface area contributed by atoms with E-state index in [0.29, 0.717) is 15.9 Å². The molecule has 1 aromatic heterocycles. The van der Waals surface area contributed by atoms with Crippen molar-refractivity contribution >= 4 is 35.0 Å². The normalized spacial score (nSPS) is 10.6. The van der Waals surface area contributed by atoms with Crippen LogP contribution >= 0.6 is 23.4 Å². The van der Waals surface area contributed by atoms with Gasteiger partial charge in [0, 0.05) is 0 Å². The van der Waals surface area contributed by atoms with Crippen molar-refractivity contribution in [2.75, 3.05) is 11.1 Å². The molecule has 0 aliphatic carbocycles. The first kappa shape index (κ1) is 16.5. The number of carbonyl (C=O) groups excluding carboxylic acids is 1. The Kier molecular flexibility index (Phi) is 5.12. The highest BCUT2D eigenvalue weighted by molar-refractivity contribution is 7.99. The SMILES string of the molecule is Cc1ccc(-n2nnnc2SCC(=O)Nc2ccccc2Cl)cc1. The summed E-state index contributed by atoms with van der Waals surface area (Å²) < 4.78 is 1.60.